The summed E-state index contributed by atoms with van der Waals surface area (Å²) >= 11 is 0. The molecule has 2 aromatic carbocycles. The van der Waals surface area contributed by atoms with Crippen molar-refractivity contribution in [3.05, 3.63) is 54.4 Å². The van der Waals surface area contributed by atoms with Gasteiger partial charge in [0.2, 0.25) is 5.71 Å². The number of phenols is 1. The van der Waals surface area contributed by atoms with Gasteiger partial charge in [0, 0.05) is 6.07 Å². The zero-order valence-corrected chi connectivity index (χ0v) is 10.9. The minimum absolute atomic E-state index is 0.123. The Morgan fingerprint density at radius 2 is 2.10 bits per heavy atom. The summed E-state index contributed by atoms with van der Waals surface area (Å²) in [5.74, 6) is 0.517. The minimum Gasteiger partial charge on any atom is -0.508 e. The summed E-state index contributed by atoms with van der Waals surface area (Å²) in [6.45, 7) is 0. The van der Waals surface area contributed by atoms with Gasteiger partial charge in [0.05, 0.1) is 16.7 Å². The number of anilines is 1. The van der Waals surface area contributed by atoms with Crippen LogP contribution in [-0.4, -0.2) is 20.8 Å². The van der Waals surface area contributed by atoms with Crippen LogP contribution in [0, 0.1) is 11.3 Å². The number of aromatic amines is 1. The predicted octanol–water partition coefficient (Wildman–Crippen LogP) is 2.61. The molecule has 0 aliphatic carbocycles. The van der Waals surface area contributed by atoms with Crippen LogP contribution in [0.25, 0.3) is 11.0 Å². The topological polar surface area (TPSA) is 97.1 Å². The summed E-state index contributed by atoms with van der Waals surface area (Å²) in [5, 5.41) is 22.6. The van der Waals surface area contributed by atoms with Crippen molar-refractivity contribution < 1.29 is 5.11 Å². The molecule has 0 radical (unpaired) electrons. The van der Waals surface area contributed by atoms with Crippen LogP contribution in [0.4, 0.5) is 5.69 Å². The third-order valence-electron chi connectivity index (χ3n) is 2.86. The molecule has 0 aliphatic rings. The van der Waals surface area contributed by atoms with E-state index in [0.717, 1.165) is 11.0 Å². The number of hydrogen-bond acceptors (Lipinski definition) is 5. The number of phenolic OH excluding ortho intramolecular Hbond substituents is 1. The molecule has 0 spiro atoms. The number of hydrogen-bond donors (Lipinski definition) is 3. The molecule has 1 aromatic heterocycles. The van der Waals surface area contributed by atoms with Crippen molar-refractivity contribution in [2.75, 3.05) is 5.43 Å². The van der Waals surface area contributed by atoms with Gasteiger partial charge in [0.1, 0.15) is 11.8 Å². The third kappa shape index (κ3) is 2.67. The van der Waals surface area contributed by atoms with Crippen molar-refractivity contribution in [3.63, 3.8) is 0 Å². The number of hydrazone groups is 1. The summed E-state index contributed by atoms with van der Waals surface area (Å²) in [5.41, 5.74) is 5.05. The maximum atomic E-state index is 9.38. The molecular formula is C15H11N5O. The molecule has 0 amide bonds. The lowest BCUT2D eigenvalue weighted by atomic mass is 10.3. The lowest BCUT2D eigenvalue weighted by Crippen LogP contribution is -2.03. The van der Waals surface area contributed by atoms with Crippen molar-refractivity contribution >= 4 is 22.4 Å². The molecule has 1 heterocycles. The van der Waals surface area contributed by atoms with Crippen molar-refractivity contribution in [2.24, 2.45) is 5.10 Å². The first-order valence-corrected chi connectivity index (χ1v) is 6.24. The third-order valence-corrected chi connectivity index (χ3v) is 2.86. The smallest absolute Gasteiger partial charge is 0.203 e. The van der Waals surface area contributed by atoms with Gasteiger partial charge in [-0.1, -0.05) is 18.2 Å². The number of rotatable bonds is 3. The Morgan fingerprint density at radius 3 is 2.86 bits per heavy atom. The number of nitriles is 1. The Hall–Kier alpha value is -3.33. The second-order valence-electron chi connectivity index (χ2n) is 4.34. The molecule has 0 fully saturated rings. The van der Waals surface area contributed by atoms with Crippen LogP contribution in [0.3, 0.4) is 0 Å². The van der Waals surface area contributed by atoms with E-state index in [-0.39, 0.29) is 11.5 Å². The van der Waals surface area contributed by atoms with E-state index in [9.17, 15) is 10.4 Å². The van der Waals surface area contributed by atoms with E-state index >= 15 is 0 Å². The summed E-state index contributed by atoms with van der Waals surface area (Å²) < 4.78 is 0. The SMILES string of the molecule is N#C/C(=N\Nc1cccc(O)c1)c1nc2ccccc2[nH]1. The fourth-order valence-corrected chi connectivity index (χ4v) is 1.89. The van der Waals surface area contributed by atoms with Crippen LogP contribution in [0.2, 0.25) is 0 Å². The zero-order chi connectivity index (χ0) is 14.7. The normalized spacial score (nSPS) is 11.3. The van der Waals surface area contributed by atoms with E-state index in [4.69, 9.17) is 0 Å². The molecule has 0 aliphatic heterocycles. The Kier molecular flexibility index (Phi) is 3.23. The Bertz CT molecular complexity index is 827. The molecule has 6 heteroatoms. The van der Waals surface area contributed by atoms with Crippen LogP contribution in [0.15, 0.2) is 53.6 Å². The van der Waals surface area contributed by atoms with Gasteiger partial charge in [0.15, 0.2) is 5.82 Å². The number of imidazole rings is 1. The standard InChI is InChI=1S/C15H11N5O/c16-9-14(20-19-10-4-3-5-11(21)8-10)15-17-12-6-1-2-7-13(12)18-15/h1-8,19,21H,(H,17,18)/b20-14+. The summed E-state index contributed by atoms with van der Waals surface area (Å²) in [6, 6.07) is 16.0. The van der Waals surface area contributed by atoms with Gasteiger partial charge in [-0.05, 0) is 24.3 Å². The lowest BCUT2D eigenvalue weighted by Gasteiger charge is -2.00. The first-order valence-electron chi connectivity index (χ1n) is 6.24. The van der Waals surface area contributed by atoms with Gasteiger partial charge in [-0.15, -0.1) is 0 Å². The van der Waals surface area contributed by atoms with Crippen molar-refractivity contribution in [1.82, 2.24) is 9.97 Å². The van der Waals surface area contributed by atoms with Crippen molar-refractivity contribution in [1.29, 1.82) is 5.26 Å². The lowest BCUT2D eigenvalue weighted by molar-refractivity contribution is 0.475. The molecular weight excluding hydrogens is 266 g/mol. The van der Waals surface area contributed by atoms with Crippen LogP contribution >= 0.6 is 0 Å². The number of para-hydroxylation sites is 2. The number of nitrogens with zero attached hydrogens (tertiary/aromatic N) is 3. The number of fused-ring (bicyclic) bond motifs is 1. The highest BCUT2D eigenvalue weighted by molar-refractivity contribution is 6.10. The molecule has 102 valence electrons. The van der Waals surface area contributed by atoms with E-state index in [2.05, 4.69) is 20.5 Å². The minimum atomic E-state index is 0.123. The number of aromatic nitrogens is 2. The molecule has 6 nitrogen and oxygen atoms in total. The summed E-state index contributed by atoms with van der Waals surface area (Å²) in [7, 11) is 0. The first-order chi connectivity index (χ1) is 10.3. The highest BCUT2D eigenvalue weighted by Crippen LogP contribution is 2.16. The Morgan fingerprint density at radius 1 is 1.24 bits per heavy atom. The number of H-pyrrole nitrogens is 1. The number of nitrogens with one attached hydrogen (secondary N) is 2. The number of aromatic hydroxyl groups is 1. The average molecular weight is 277 g/mol. The fraction of sp³-hybridized carbons (Fsp3) is 0. The monoisotopic (exact) mass is 277 g/mol. The molecule has 3 rings (SSSR count). The molecule has 0 bridgehead atoms. The van der Waals surface area contributed by atoms with Gasteiger partial charge >= 0.3 is 0 Å². The molecule has 0 saturated carbocycles. The van der Waals surface area contributed by atoms with Crippen LogP contribution < -0.4 is 5.43 Å². The largest absolute Gasteiger partial charge is 0.508 e. The molecule has 0 unspecified atom stereocenters. The molecule has 0 saturated heterocycles. The maximum absolute atomic E-state index is 9.38. The van der Waals surface area contributed by atoms with Gasteiger partial charge in [-0.3, -0.25) is 5.43 Å². The Labute approximate surface area is 120 Å². The second-order valence-corrected chi connectivity index (χ2v) is 4.34. The zero-order valence-electron chi connectivity index (χ0n) is 10.9. The van der Waals surface area contributed by atoms with Crippen LogP contribution in [0.1, 0.15) is 5.82 Å². The van der Waals surface area contributed by atoms with E-state index < -0.39 is 0 Å². The second kappa shape index (κ2) is 5.35. The van der Waals surface area contributed by atoms with Gasteiger partial charge in [0.25, 0.3) is 0 Å². The molecule has 3 N–H and O–H groups in total. The van der Waals surface area contributed by atoms with E-state index in [1.54, 1.807) is 18.2 Å². The van der Waals surface area contributed by atoms with E-state index in [1.807, 2.05) is 30.3 Å². The summed E-state index contributed by atoms with van der Waals surface area (Å²) in [4.78, 5) is 7.36. The molecule has 0 atom stereocenters. The van der Waals surface area contributed by atoms with Gasteiger partial charge in [-0.2, -0.15) is 10.4 Å². The van der Waals surface area contributed by atoms with Gasteiger partial charge in [-0.25, -0.2) is 4.98 Å². The average Bonchev–Trinajstić information content (AvgIpc) is 2.91. The Balaban J connectivity index is 1.91. The van der Waals surface area contributed by atoms with E-state index in [1.165, 1.54) is 6.07 Å². The quantitative estimate of drug-likeness (QED) is 0.506. The number of benzene rings is 2. The van der Waals surface area contributed by atoms with E-state index in [0.29, 0.717) is 11.5 Å². The van der Waals surface area contributed by atoms with Crippen LogP contribution in [-0.2, 0) is 0 Å². The molecule has 3 aromatic rings. The fourth-order valence-electron chi connectivity index (χ4n) is 1.89. The highest BCUT2D eigenvalue weighted by atomic mass is 16.3. The van der Waals surface area contributed by atoms with Crippen molar-refractivity contribution in [3.8, 4) is 11.8 Å². The molecule has 21 heavy (non-hydrogen) atoms. The van der Waals surface area contributed by atoms with Crippen LogP contribution in [0.5, 0.6) is 5.75 Å². The first kappa shape index (κ1) is 12.7. The van der Waals surface area contributed by atoms with Gasteiger partial charge < -0.3 is 10.1 Å². The summed E-state index contributed by atoms with van der Waals surface area (Å²) in [6.07, 6.45) is 0. The predicted molar refractivity (Wildman–Crippen MR) is 80.0 cm³/mol. The highest BCUT2D eigenvalue weighted by Gasteiger charge is 2.08. The maximum Gasteiger partial charge on any atom is 0.203 e. The van der Waals surface area contributed by atoms with Crippen molar-refractivity contribution in [2.45, 2.75) is 0 Å².